The Labute approximate surface area is 212 Å². The molecule has 4 aromatic rings. The highest BCUT2D eigenvalue weighted by Crippen LogP contribution is 2.33. The number of anilines is 1. The zero-order chi connectivity index (χ0) is 25.8. The fourth-order valence-corrected chi connectivity index (χ4v) is 4.25. The minimum Gasteiger partial charge on any atom is -0.366 e. The van der Waals surface area contributed by atoms with Crippen molar-refractivity contribution in [2.75, 3.05) is 11.1 Å². The second-order valence-corrected chi connectivity index (χ2v) is 9.33. The molecule has 8 nitrogen and oxygen atoms in total. The Morgan fingerprint density at radius 2 is 1.36 bits per heavy atom. The summed E-state index contributed by atoms with van der Waals surface area (Å²) >= 11 is 1.24. The van der Waals surface area contributed by atoms with Crippen LogP contribution >= 0.6 is 11.8 Å². The van der Waals surface area contributed by atoms with Crippen molar-refractivity contribution in [2.24, 2.45) is 11.5 Å². The molecule has 0 aliphatic carbocycles. The van der Waals surface area contributed by atoms with Crippen LogP contribution in [0, 0.1) is 13.8 Å². The number of aromatic amines is 1. The molecule has 3 amide bonds. The van der Waals surface area contributed by atoms with Crippen molar-refractivity contribution < 1.29 is 14.4 Å². The van der Waals surface area contributed by atoms with Gasteiger partial charge in [0.05, 0.1) is 17.1 Å². The summed E-state index contributed by atoms with van der Waals surface area (Å²) < 4.78 is 0. The lowest BCUT2D eigenvalue weighted by Gasteiger charge is -2.08. The molecule has 0 saturated heterocycles. The Balaban J connectivity index is 1.55. The third-order valence-corrected chi connectivity index (χ3v) is 6.35. The van der Waals surface area contributed by atoms with Crippen molar-refractivity contribution in [3.05, 3.63) is 89.0 Å². The molecule has 1 heterocycles. The van der Waals surface area contributed by atoms with Crippen molar-refractivity contribution in [3.63, 3.8) is 0 Å². The SMILES string of the molecule is Cc1ccc(-c2nc(SCC(=O)Nc3cc(C(N)=O)cc(C(N)=O)c3)[nH]c2-c2ccc(C)cc2)cc1. The first-order chi connectivity index (χ1) is 17.2. The van der Waals surface area contributed by atoms with Crippen molar-refractivity contribution in [1.82, 2.24) is 9.97 Å². The third-order valence-electron chi connectivity index (χ3n) is 5.47. The van der Waals surface area contributed by atoms with Gasteiger partial charge >= 0.3 is 0 Å². The number of hydrogen-bond donors (Lipinski definition) is 4. The highest BCUT2D eigenvalue weighted by molar-refractivity contribution is 7.99. The topological polar surface area (TPSA) is 144 Å². The smallest absolute Gasteiger partial charge is 0.248 e. The maximum absolute atomic E-state index is 12.6. The first-order valence-electron chi connectivity index (χ1n) is 11.1. The van der Waals surface area contributed by atoms with Gasteiger partial charge in [0.25, 0.3) is 0 Å². The summed E-state index contributed by atoms with van der Waals surface area (Å²) in [6.07, 6.45) is 0. The van der Waals surface area contributed by atoms with Gasteiger partial charge in [0, 0.05) is 27.9 Å². The molecular formula is C27H25N5O3S. The van der Waals surface area contributed by atoms with Gasteiger partial charge in [0.15, 0.2) is 5.16 Å². The van der Waals surface area contributed by atoms with Crippen LogP contribution in [0.5, 0.6) is 0 Å². The van der Waals surface area contributed by atoms with Gasteiger partial charge in [-0.2, -0.15) is 0 Å². The van der Waals surface area contributed by atoms with Crippen molar-refractivity contribution >= 4 is 35.2 Å². The molecule has 1 aromatic heterocycles. The van der Waals surface area contributed by atoms with Crippen molar-refractivity contribution in [3.8, 4) is 22.5 Å². The summed E-state index contributed by atoms with van der Waals surface area (Å²) in [7, 11) is 0. The number of nitrogens with two attached hydrogens (primary N) is 2. The average molecular weight is 500 g/mol. The number of primary amides is 2. The molecule has 36 heavy (non-hydrogen) atoms. The fourth-order valence-electron chi connectivity index (χ4n) is 3.58. The Morgan fingerprint density at radius 1 is 0.833 bits per heavy atom. The Morgan fingerprint density at radius 3 is 1.89 bits per heavy atom. The average Bonchev–Trinajstić information content (AvgIpc) is 3.27. The molecule has 0 spiro atoms. The van der Waals surface area contributed by atoms with Crippen LogP contribution in [-0.4, -0.2) is 33.4 Å². The van der Waals surface area contributed by atoms with Gasteiger partial charge in [-0.1, -0.05) is 71.4 Å². The summed E-state index contributed by atoms with van der Waals surface area (Å²) in [5, 5.41) is 3.27. The van der Waals surface area contributed by atoms with Gasteiger partial charge in [0.2, 0.25) is 17.7 Å². The molecule has 4 rings (SSSR count). The van der Waals surface area contributed by atoms with E-state index in [9.17, 15) is 14.4 Å². The normalized spacial score (nSPS) is 10.7. The van der Waals surface area contributed by atoms with E-state index in [0.717, 1.165) is 33.6 Å². The number of thioether (sulfide) groups is 1. The molecule has 0 aliphatic heterocycles. The minimum atomic E-state index is -0.731. The van der Waals surface area contributed by atoms with Crippen LogP contribution in [0.4, 0.5) is 5.69 Å². The number of aryl methyl sites for hydroxylation is 2. The van der Waals surface area contributed by atoms with Crippen LogP contribution in [0.3, 0.4) is 0 Å². The quantitative estimate of drug-likeness (QED) is 0.267. The van der Waals surface area contributed by atoms with Gasteiger partial charge in [0.1, 0.15) is 0 Å². The molecule has 0 bridgehead atoms. The van der Waals surface area contributed by atoms with Crippen molar-refractivity contribution in [2.45, 2.75) is 19.0 Å². The largest absolute Gasteiger partial charge is 0.366 e. The van der Waals surface area contributed by atoms with E-state index in [1.165, 1.54) is 30.0 Å². The molecule has 0 radical (unpaired) electrons. The first kappa shape index (κ1) is 24.7. The van der Waals surface area contributed by atoms with Crippen LogP contribution in [-0.2, 0) is 4.79 Å². The molecule has 0 unspecified atom stereocenters. The molecule has 182 valence electrons. The number of aromatic nitrogens is 2. The molecule has 6 N–H and O–H groups in total. The second-order valence-electron chi connectivity index (χ2n) is 8.36. The van der Waals surface area contributed by atoms with Gasteiger partial charge in [-0.3, -0.25) is 14.4 Å². The maximum Gasteiger partial charge on any atom is 0.248 e. The molecule has 0 fully saturated rings. The van der Waals surface area contributed by atoms with Gasteiger partial charge < -0.3 is 21.8 Å². The van der Waals surface area contributed by atoms with E-state index in [0.29, 0.717) is 5.16 Å². The van der Waals surface area contributed by atoms with E-state index in [1.807, 2.05) is 62.4 Å². The van der Waals surface area contributed by atoms with E-state index < -0.39 is 11.8 Å². The van der Waals surface area contributed by atoms with Crippen LogP contribution in [0.15, 0.2) is 71.9 Å². The van der Waals surface area contributed by atoms with E-state index >= 15 is 0 Å². The Bertz CT molecular complexity index is 1350. The zero-order valence-corrected chi connectivity index (χ0v) is 20.6. The summed E-state index contributed by atoms with van der Waals surface area (Å²) in [5.41, 5.74) is 17.0. The predicted molar refractivity (Wildman–Crippen MR) is 142 cm³/mol. The number of imidazole rings is 1. The number of rotatable bonds is 8. The van der Waals surface area contributed by atoms with E-state index in [-0.39, 0.29) is 28.5 Å². The van der Waals surface area contributed by atoms with Gasteiger partial charge in [-0.05, 0) is 32.0 Å². The number of nitrogens with one attached hydrogen (secondary N) is 2. The van der Waals surface area contributed by atoms with Crippen LogP contribution in [0.2, 0.25) is 0 Å². The number of amides is 3. The molecule has 0 aliphatic rings. The third kappa shape index (κ3) is 5.81. The van der Waals surface area contributed by atoms with Gasteiger partial charge in [-0.25, -0.2) is 4.98 Å². The molecule has 3 aromatic carbocycles. The van der Waals surface area contributed by atoms with Crippen LogP contribution in [0.25, 0.3) is 22.5 Å². The van der Waals surface area contributed by atoms with Gasteiger partial charge in [-0.15, -0.1) is 0 Å². The number of carbonyl (C=O) groups excluding carboxylic acids is 3. The summed E-state index contributed by atoms with van der Waals surface area (Å²) in [5.74, 6) is -1.76. The lowest BCUT2D eigenvalue weighted by Crippen LogP contribution is -2.19. The van der Waals surface area contributed by atoms with E-state index in [1.54, 1.807) is 0 Å². The van der Waals surface area contributed by atoms with Crippen LogP contribution < -0.4 is 16.8 Å². The number of benzene rings is 3. The minimum absolute atomic E-state index is 0.0426. The maximum atomic E-state index is 12.6. The van der Waals surface area contributed by atoms with Crippen LogP contribution in [0.1, 0.15) is 31.8 Å². The summed E-state index contributed by atoms with van der Waals surface area (Å²) in [6.45, 7) is 4.06. The predicted octanol–water partition coefficient (Wildman–Crippen LogP) is 4.29. The summed E-state index contributed by atoms with van der Waals surface area (Å²) in [4.78, 5) is 43.9. The second kappa shape index (κ2) is 10.5. The zero-order valence-electron chi connectivity index (χ0n) is 19.8. The molecule has 0 saturated carbocycles. The standard InChI is InChI=1S/C27H25N5O3S/c1-15-3-7-17(8-4-15)23-24(18-9-5-16(2)6-10-18)32-27(31-23)36-14-22(33)30-21-12-19(25(28)34)11-20(13-21)26(29)35/h3-13H,14H2,1-2H3,(H2,28,34)(H2,29,35)(H,30,33)(H,31,32). The lowest BCUT2D eigenvalue weighted by atomic mass is 10.0. The molecule has 9 heteroatoms. The fraction of sp³-hybridized carbons (Fsp3) is 0.111. The molecule has 0 atom stereocenters. The monoisotopic (exact) mass is 499 g/mol. The number of H-pyrrole nitrogens is 1. The first-order valence-corrected chi connectivity index (χ1v) is 12.1. The highest BCUT2D eigenvalue weighted by Gasteiger charge is 2.16. The number of hydrogen-bond acceptors (Lipinski definition) is 5. The Kier molecular flexibility index (Phi) is 7.21. The number of nitrogens with zero attached hydrogens (tertiary/aromatic N) is 1. The highest BCUT2D eigenvalue weighted by atomic mass is 32.2. The number of carbonyl (C=O) groups is 3. The Hall–Kier alpha value is -4.37. The summed E-state index contributed by atoms with van der Waals surface area (Å²) in [6, 6.07) is 20.3. The lowest BCUT2D eigenvalue weighted by molar-refractivity contribution is -0.113. The molecular weight excluding hydrogens is 474 g/mol. The van der Waals surface area contributed by atoms with Crippen molar-refractivity contribution in [1.29, 1.82) is 0 Å². The van der Waals surface area contributed by atoms with E-state index in [4.69, 9.17) is 16.5 Å². The van der Waals surface area contributed by atoms with E-state index in [2.05, 4.69) is 10.3 Å².